The van der Waals surface area contributed by atoms with Crippen molar-refractivity contribution in [1.82, 2.24) is 0 Å². The molecule has 0 radical (unpaired) electrons. The van der Waals surface area contributed by atoms with Crippen molar-refractivity contribution in [3.05, 3.63) is 39.9 Å². The van der Waals surface area contributed by atoms with Crippen molar-refractivity contribution < 1.29 is 58.2 Å². The van der Waals surface area contributed by atoms with Gasteiger partial charge in [-0.15, -0.1) is 0 Å². The third-order valence-corrected chi connectivity index (χ3v) is 5.14. The highest BCUT2D eigenvalue weighted by Gasteiger charge is 3.06. The first kappa shape index (κ1) is 24.5. The molecule has 1 aliphatic carbocycles. The second-order valence-electron chi connectivity index (χ2n) is 6.07. The van der Waals surface area contributed by atoms with E-state index in [4.69, 9.17) is 23.2 Å². The first-order chi connectivity index (χ1) is 13.2. The lowest BCUT2D eigenvalue weighted by Gasteiger charge is -2.37. The highest BCUT2D eigenvalue weighted by atomic mass is 35.5. The number of hydrogen-bond donors (Lipinski definition) is 1. The van der Waals surface area contributed by atoms with Gasteiger partial charge in [0.2, 0.25) is 0 Å². The number of allylic oxidation sites excluding steroid dienone is 1. The molecule has 0 amide bonds. The van der Waals surface area contributed by atoms with E-state index in [1.54, 1.807) is 0 Å². The summed E-state index contributed by atoms with van der Waals surface area (Å²) in [5.74, 6) is -34.5. The van der Waals surface area contributed by atoms with Crippen LogP contribution in [0.1, 0.15) is 5.56 Å². The van der Waals surface area contributed by atoms with E-state index >= 15 is 0 Å². The average molecular weight is 497 g/mol. The van der Waals surface area contributed by atoms with Crippen LogP contribution in [0.2, 0.25) is 10.0 Å². The SMILES string of the molecule is O=C(/C=C(\O)c1ccc(Cl)c(Cl)c1)C1(C(F)(F)F)C(F)(F)C(F)(F)C(F)(F)C1(F)F. The molecule has 15 heteroatoms. The lowest BCUT2D eigenvalue weighted by molar-refractivity contribution is -0.341. The summed E-state index contributed by atoms with van der Waals surface area (Å²) in [6, 6.07) is 2.23. The zero-order chi connectivity index (χ0) is 23.7. The highest BCUT2D eigenvalue weighted by molar-refractivity contribution is 6.42. The lowest BCUT2D eigenvalue weighted by atomic mass is 9.74. The highest BCUT2D eigenvalue weighted by Crippen LogP contribution is 2.75. The van der Waals surface area contributed by atoms with Crippen molar-refractivity contribution in [2.24, 2.45) is 5.41 Å². The topological polar surface area (TPSA) is 37.3 Å². The van der Waals surface area contributed by atoms with Gasteiger partial charge < -0.3 is 5.11 Å². The molecule has 0 heterocycles. The van der Waals surface area contributed by atoms with Crippen molar-refractivity contribution in [3.8, 4) is 0 Å². The maximum atomic E-state index is 13.9. The molecule has 0 unspecified atom stereocenters. The summed E-state index contributed by atoms with van der Waals surface area (Å²) >= 11 is 11.0. The van der Waals surface area contributed by atoms with Crippen LogP contribution >= 0.6 is 23.2 Å². The van der Waals surface area contributed by atoms with Gasteiger partial charge >= 0.3 is 29.9 Å². The van der Waals surface area contributed by atoms with E-state index in [-0.39, 0.29) is 5.02 Å². The van der Waals surface area contributed by atoms with Crippen LogP contribution in [0.25, 0.3) is 5.76 Å². The summed E-state index contributed by atoms with van der Waals surface area (Å²) in [6.45, 7) is 0. The van der Waals surface area contributed by atoms with Crippen LogP contribution < -0.4 is 0 Å². The van der Waals surface area contributed by atoms with Crippen LogP contribution in [0, 0.1) is 5.41 Å². The fraction of sp³-hybridized carbons (Fsp3) is 0.400. The number of ketones is 1. The van der Waals surface area contributed by atoms with Gasteiger partial charge in [0.25, 0.3) is 5.41 Å². The van der Waals surface area contributed by atoms with E-state index in [9.17, 15) is 58.2 Å². The predicted octanol–water partition coefficient (Wildman–Crippen LogP) is 6.56. The largest absolute Gasteiger partial charge is 0.507 e. The van der Waals surface area contributed by atoms with Gasteiger partial charge in [-0.25, -0.2) is 0 Å². The molecule has 1 aromatic carbocycles. The third kappa shape index (κ3) is 2.66. The number of carbonyl (C=O) groups is 1. The number of hydrogen-bond acceptors (Lipinski definition) is 2. The molecule has 1 saturated carbocycles. The zero-order valence-electron chi connectivity index (χ0n) is 13.6. The molecular formula is C15H5Cl2F11O2. The summed E-state index contributed by atoms with van der Waals surface area (Å²) in [5, 5.41) is 9.03. The van der Waals surface area contributed by atoms with Crippen LogP contribution in [0.5, 0.6) is 0 Å². The molecule has 0 saturated heterocycles. The van der Waals surface area contributed by atoms with Gasteiger partial charge in [-0.2, -0.15) is 48.3 Å². The van der Waals surface area contributed by atoms with E-state index in [0.29, 0.717) is 6.07 Å². The molecule has 0 bridgehead atoms. The number of aliphatic hydroxyl groups is 1. The predicted molar refractivity (Wildman–Crippen MR) is 80.4 cm³/mol. The van der Waals surface area contributed by atoms with Crippen LogP contribution in [0.3, 0.4) is 0 Å². The van der Waals surface area contributed by atoms with Gasteiger partial charge in [0.15, 0.2) is 5.78 Å². The van der Waals surface area contributed by atoms with E-state index in [2.05, 4.69) is 0 Å². The smallest absolute Gasteiger partial charge is 0.414 e. The summed E-state index contributed by atoms with van der Waals surface area (Å²) in [7, 11) is 0. The molecule has 0 atom stereocenters. The Labute approximate surface area is 168 Å². The molecule has 2 rings (SSSR count). The molecule has 0 aromatic heterocycles. The molecule has 1 aromatic rings. The van der Waals surface area contributed by atoms with Gasteiger partial charge in [0.1, 0.15) is 5.76 Å². The van der Waals surface area contributed by atoms with Crippen molar-refractivity contribution in [2.45, 2.75) is 29.9 Å². The van der Waals surface area contributed by atoms with Crippen LogP contribution in [-0.4, -0.2) is 40.8 Å². The minimum atomic E-state index is -7.31. The van der Waals surface area contributed by atoms with Crippen LogP contribution in [0.15, 0.2) is 24.3 Å². The zero-order valence-corrected chi connectivity index (χ0v) is 15.1. The standard InChI is InChI=1S/C15H5Cl2F11O2/c16-6-2-1-5(3-7(6)17)8(29)4-9(30)10(15(26,27)28)11(18,19)13(22,23)14(24,25)12(10,20)21/h1-4,29H/b8-4-. The Morgan fingerprint density at radius 2 is 1.27 bits per heavy atom. The molecule has 0 spiro atoms. The third-order valence-electron chi connectivity index (χ3n) is 4.40. The first-order valence-electron chi connectivity index (χ1n) is 7.20. The number of benzene rings is 1. The Hall–Kier alpha value is -1.76. The van der Waals surface area contributed by atoms with E-state index in [0.717, 1.165) is 12.1 Å². The number of carbonyl (C=O) groups excluding carboxylic acids is 1. The van der Waals surface area contributed by atoms with E-state index < -0.39 is 63.5 Å². The Kier molecular flexibility index (Phi) is 5.41. The van der Waals surface area contributed by atoms with Crippen molar-refractivity contribution >= 4 is 34.7 Å². The molecule has 0 aliphatic heterocycles. The summed E-state index contributed by atoms with van der Waals surface area (Å²) in [6.07, 6.45) is -8.25. The monoisotopic (exact) mass is 496 g/mol. The fourth-order valence-electron chi connectivity index (χ4n) is 2.84. The van der Waals surface area contributed by atoms with E-state index in [1.807, 2.05) is 0 Å². The molecule has 168 valence electrons. The van der Waals surface area contributed by atoms with Crippen LogP contribution in [0.4, 0.5) is 48.3 Å². The quantitative estimate of drug-likeness (QED) is 0.292. The maximum Gasteiger partial charge on any atom is 0.414 e. The van der Waals surface area contributed by atoms with Gasteiger partial charge in [-0.3, -0.25) is 4.79 Å². The number of rotatable bonds is 3. The number of alkyl halides is 11. The molecule has 2 nitrogen and oxygen atoms in total. The normalized spacial score (nSPS) is 24.0. The fourth-order valence-corrected chi connectivity index (χ4v) is 3.14. The molecule has 1 N–H and O–H groups in total. The lowest BCUT2D eigenvalue weighted by Crippen LogP contribution is -2.64. The molecule has 1 aliphatic rings. The Balaban J connectivity index is 2.83. The first-order valence-corrected chi connectivity index (χ1v) is 7.96. The van der Waals surface area contributed by atoms with Gasteiger partial charge in [-0.05, 0) is 18.2 Å². The van der Waals surface area contributed by atoms with Gasteiger partial charge in [-0.1, -0.05) is 23.2 Å². The van der Waals surface area contributed by atoms with Crippen molar-refractivity contribution in [3.63, 3.8) is 0 Å². The molecular weight excluding hydrogens is 492 g/mol. The van der Waals surface area contributed by atoms with Crippen LogP contribution in [-0.2, 0) is 4.79 Å². The van der Waals surface area contributed by atoms with Crippen molar-refractivity contribution in [1.29, 1.82) is 0 Å². The molecule has 1 fully saturated rings. The Bertz CT molecular complexity index is 896. The van der Waals surface area contributed by atoms with Crippen molar-refractivity contribution in [2.75, 3.05) is 0 Å². The molecule has 30 heavy (non-hydrogen) atoms. The van der Waals surface area contributed by atoms with Gasteiger partial charge in [0, 0.05) is 11.6 Å². The number of halogens is 13. The Morgan fingerprint density at radius 3 is 1.63 bits per heavy atom. The van der Waals surface area contributed by atoms with Gasteiger partial charge in [0.05, 0.1) is 10.0 Å². The maximum absolute atomic E-state index is 13.9. The summed E-state index contributed by atoms with van der Waals surface area (Å²) in [4.78, 5) is 11.9. The second-order valence-corrected chi connectivity index (χ2v) is 6.88. The average Bonchev–Trinajstić information content (AvgIpc) is 2.61. The summed E-state index contributed by atoms with van der Waals surface area (Å²) < 4.78 is 149. The minimum absolute atomic E-state index is 0.209. The second kappa shape index (κ2) is 6.62. The number of aliphatic hydroxyl groups excluding tert-OH is 1. The van der Waals surface area contributed by atoms with E-state index in [1.165, 1.54) is 0 Å². The summed E-state index contributed by atoms with van der Waals surface area (Å²) in [5.41, 5.74) is -7.65. The Morgan fingerprint density at radius 1 is 0.833 bits per heavy atom. The minimum Gasteiger partial charge on any atom is -0.507 e.